The Morgan fingerprint density at radius 1 is 1.19 bits per heavy atom. The molecule has 0 saturated heterocycles. The minimum atomic E-state index is -0.236. The highest BCUT2D eigenvalue weighted by Crippen LogP contribution is 2.16. The second-order valence-corrected chi connectivity index (χ2v) is 7.93. The van der Waals surface area contributed by atoms with E-state index >= 15 is 0 Å². The Balaban J connectivity index is 1.66. The van der Waals surface area contributed by atoms with E-state index in [1.807, 2.05) is 24.3 Å². The lowest BCUT2D eigenvalue weighted by Crippen LogP contribution is -2.32. The van der Waals surface area contributed by atoms with Crippen molar-refractivity contribution in [3.8, 4) is 0 Å². The number of fused-ring (bicyclic) bond motifs is 1. The Morgan fingerprint density at radius 3 is 2.56 bits per heavy atom. The van der Waals surface area contributed by atoms with Gasteiger partial charge in [-0.05, 0) is 41.5 Å². The number of anilines is 1. The highest BCUT2D eigenvalue weighted by Gasteiger charge is 2.13. The standard InChI is InChI=1S/C20H25N5O2/c1-20(2,3)11-23-17(26)13-7-4-12(5-8-13)6-9-14-10-22-16-15(14)18(27)25-19(21)24-16/h4-5,7-8,10H,6,9,11H2,1-3H3,(H,23,26)(H4,21,22,24,25,27). The predicted octanol–water partition coefficient (Wildman–Crippen LogP) is 2.39. The minimum Gasteiger partial charge on any atom is -0.369 e. The van der Waals surface area contributed by atoms with E-state index in [1.54, 1.807) is 6.20 Å². The number of nitrogens with two attached hydrogens (primary N) is 1. The minimum absolute atomic E-state index is 0.0479. The van der Waals surface area contributed by atoms with E-state index in [0.29, 0.717) is 29.6 Å². The van der Waals surface area contributed by atoms with E-state index < -0.39 is 0 Å². The van der Waals surface area contributed by atoms with Crippen molar-refractivity contribution in [3.05, 3.63) is 57.5 Å². The lowest BCUT2D eigenvalue weighted by Gasteiger charge is -2.18. The molecule has 0 atom stereocenters. The zero-order valence-corrected chi connectivity index (χ0v) is 15.8. The van der Waals surface area contributed by atoms with Crippen molar-refractivity contribution in [2.45, 2.75) is 33.6 Å². The number of hydrogen-bond acceptors (Lipinski definition) is 4. The molecule has 1 aromatic carbocycles. The van der Waals surface area contributed by atoms with Gasteiger partial charge in [-0.3, -0.25) is 14.6 Å². The van der Waals surface area contributed by atoms with Gasteiger partial charge in [-0.1, -0.05) is 32.9 Å². The smallest absolute Gasteiger partial charge is 0.262 e. The zero-order chi connectivity index (χ0) is 19.6. The number of rotatable bonds is 5. The number of aromatic amines is 2. The predicted molar refractivity (Wildman–Crippen MR) is 107 cm³/mol. The van der Waals surface area contributed by atoms with Crippen molar-refractivity contribution in [2.24, 2.45) is 5.41 Å². The Labute approximate surface area is 157 Å². The molecule has 0 bridgehead atoms. The molecule has 5 N–H and O–H groups in total. The molecule has 0 aliphatic carbocycles. The maximum atomic E-state index is 12.2. The molecule has 0 saturated carbocycles. The van der Waals surface area contributed by atoms with Gasteiger partial charge in [-0.2, -0.15) is 4.98 Å². The first-order valence-electron chi connectivity index (χ1n) is 8.96. The van der Waals surface area contributed by atoms with E-state index in [0.717, 1.165) is 17.5 Å². The number of hydrogen-bond donors (Lipinski definition) is 4. The molecule has 3 rings (SSSR count). The summed E-state index contributed by atoms with van der Waals surface area (Å²) < 4.78 is 0. The van der Waals surface area contributed by atoms with Crippen LogP contribution in [0.3, 0.4) is 0 Å². The van der Waals surface area contributed by atoms with Gasteiger partial charge in [0, 0.05) is 18.3 Å². The van der Waals surface area contributed by atoms with Crippen molar-refractivity contribution in [1.29, 1.82) is 0 Å². The maximum absolute atomic E-state index is 12.2. The second-order valence-electron chi connectivity index (χ2n) is 7.93. The Bertz CT molecular complexity index is 1010. The first kappa shape index (κ1) is 18.7. The Kier molecular flexibility index (Phi) is 5.03. The molecule has 0 radical (unpaired) electrons. The van der Waals surface area contributed by atoms with Crippen LogP contribution in [0, 0.1) is 5.41 Å². The van der Waals surface area contributed by atoms with Crippen LogP contribution in [0.15, 0.2) is 35.3 Å². The van der Waals surface area contributed by atoms with Crippen molar-refractivity contribution in [3.63, 3.8) is 0 Å². The summed E-state index contributed by atoms with van der Waals surface area (Å²) in [6, 6.07) is 7.55. The number of nitrogen functional groups attached to an aromatic ring is 1. The van der Waals surface area contributed by atoms with Gasteiger partial charge in [0.25, 0.3) is 11.5 Å². The molecule has 2 aromatic heterocycles. The second kappa shape index (κ2) is 7.26. The molecule has 7 heteroatoms. The molecule has 27 heavy (non-hydrogen) atoms. The van der Waals surface area contributed by atoms with Gasteiger partial charge in [0.1, 0.15) is 5.65 Å². The lowest BCUT2D eigenvalue weighted by molar-refractivity contribution is 0.0939. The number of carbonyl (C=O) groups excluding carboxylic acids is 1. The fraction of sp³-hybridized carbons (Fsp3) is 0.350. The SMILES string of the molecule is CC(C)(C)CNC(=O)c1ccc(CCc2c[nH]c3nc(N)[nH]c(=O)c23)cc1. The van der Waals surface area contributed by atoms with Crippen LogP contribution in [0.5, 0.6) is 0 Å². The summed E-state index contributed by atoms with van der Waals surface area (Å²) in [5.74, 6) is 0.0320. The third kappa shape index (κ3) is 4.55. The molecule has 0 spiro atoms. The molecular formula is C20H25N5O2. The van der Waals surface area contributed by atoms with Crippen LogP contribution in [-0.4, -0.2) is 27.4 Å². The van der Waals surface area contributed by atoms with Crippen molar-refractivity contribution in [1.82, 2.24) is 20.3 Å². The van der Waals surface area contributed by atoms with Crippen molar-refractivity contribution < 1.29 is 4.79 Å². The maximum Gasteiger partial charge on any atom is 0.262 e. The van der Waals surface area contributed by atoms with Gasteiger partial charge in [0.2, 0.25) is 5.95 Å². The number of benzene rings is 1. The summed E-state index contributed by atoms with van der Waals surface area (Å²) >= 11 is 0. The van der Waals surface area contributed by atoms with Crippen LogP contribution >= 0.6 is 0 Å². The van der Waals surface area contributed by atoms with E-state index in [4.69, 9.17) is 5.73 Å². The molecule has 0 aliphatic heterocycles. The van der Waals surface area contributed by atoms with Gasteiger partial charge in [0.15, 0.2) is 0 Å². The molecule has 3 aromatic rings. The van der Waals surface area contributed by atoms with Gasteiger partial charge >= 0.3 is 0 Å². The van der Waals surface area contributed by atoms with Gasteiger partial charge in [-0.15, -0.1) is 0 Å². The topological polar surface area (TPSA) is 117 Å². The van der Waals surface area contributed by atoms with E-state index in [2.05, 4.69) is 41.0 Å². The summed E-state index contributed by atoms with van der Waals surface area (Å²) in [6.07, 6.45) is 3.23. The molecule has 7 nitrogen and oxygen atoms in total. The molecule has 0 unspecified atom stereocenters. The number of amides is 1. The highest BCUT2D eigenvalue weighted by molar-refractivity contribution is 5.94. The monoisotopic (exact) mass is 367 g/mol. The number of nitrogens with zero attached hydrogens (tertiary/aromatic N) is 1. The molecule has 0 aliphatic rings. The summed E-state index contributed by atoms with van der Waals surface area (Å²) in [4.78, 5) is 33.9. The van der Waals surface area contributed by atoms with Gasteiger partial charge < -0.3 is 16.0 Å². The quantitative estimate of drug-likeness (QED) is 0.554. The Morgan fingerprint density at radius 2 is 1.89 bits per heavy atom. The largest absolute Gasteiger partial charge is 0.369 e. The van der Waals surface area contributed by atoms with Crippen LogP contribution in [0.1, 0.15) is 42.3 Å². The van der Waals surface area contributed by atoms with E-state index in [9.17, 15) is 9.59 Å². The molecule has 0 fully saturated rings. The van der Waals surface area contributed by atoms with Gasteiger partial charge in [-0.25, -0.2) is 0 Å². The van der Waals surface area contributed by atoms with Crippen LogP contribution in [0.4, 0.5) is 5.95 Å². The fourth-order valence-electron chi connectivity index (χ4n) is 2.87. The highest BCUT2D eigenvalue weighted by atomic mass is 16.1. The number of nitrogens with one attached hydrogen (secondary N) is 3. The average molecular weight is 367 g/mol. The first-order valence-corrected chi connectivity index (χ1v) is 8.96. The number of aryl methyl sites for hydroxylation is 2. The number of carbonyl (C=O) groups is 1. The summed E-state index contributed by atoms with van der Waals surface area (Å²) in [7, 11) is 0. The normalized spacial score (nSPS) is 11.7. The van der Waals surface area contributed by atoms with E-state index in [-0.39, 0.29) is 22.8 Å². The fourth-order valence-corrected chi connectivity index (χ4v) is 2.87. The Hall–Kier alpha value is -3.09. The summed E-state index contributed by atoms with van der Waals surface area (Å²) in [5.41, 5.74) is 8.51. The summed E-state index contributed by atoms with van der Waals surface area (Å²) in [5, 5.41) is 3.49. The van der Waals surface area contributed by atoms with Crippen molar-refractivity contribution in [2.75, 3.05) is 12.3 Å². The van der Waals surface area contributed by atoms with Crippen LogP contribution in [0.2, 0.25) is 0 Å². The van der Waals surface area contributed by atoms with Crippen molar-refractivity contribution >= 4 is 22.9 Å². The number of aromatic nitrogens is 3. The zero-order valence-electron chi connectivity index (χ0n) is 15.8. The van der Waals surface area contributed by atoms with Crippen LogP contribution in [0.25, 0.3) is 11.0 Å². The van der Waals surface area contributed by atoms with Crippen LogP contribution in [-0.2, 0) is 12.8 Å². The molecule has 1 amide bonds. The average Bonchev–Trinajstić information content (AvgIpc) is 3.01. The third-order valence-electron chi connectivity index (χ3n) is 4.32. The first-order chi connectivity index (χ1) is 12.7. The molecule has 142 valence electrons. The van der Waals surface area contributed by atoms with Gasteiger partial charge in [0.05, 0.1) is 5.39 Å². The van der Waals surface area contributed by atoms with Crippen LogP contribution < -0.4 is 16.6 Å². The number of H-pyrrole nitrogens is 2. The summed E-state index contributed by atoms with van der Waals surface area (Å²) in [6.45, 7) is 6.86. The lowest BCUT2D eigenvalue weighted by atomic mass is 9.97. The molecular weight excluding hydrogens is 342 g/mol. The van der Waals surface area contributed by atoms with E-state index in [1.165, 1.54) is 0 Å². The third-order valence-corrected chi connectivity index (χ3v) is 4.32. The molecule has 2 heterocycles.